The van der Waals surface area contributed by atoms with Gasteiger partial charge in [0.2, 0.25) is 29.5 Å². The Morgan fingerprint density at radius 2 is 1.13 bits per heavy atom. The molecule has 6 aromatic rings. The van der Waals surface area contributed by atoms with E-state index in [1.807, 2.05) is 30.3 Å². The van der Waals surface area contributed by atoms with E-state index in [-0.39, 0.29) is 58.2 Å². The Hall–Kier alpha value is -9.08. The molecule has 2 heterocycles. The summed E-state index contributed by atoms with van der Waals surface area (Å²) in [5.41, 5.74) is 8.35. The van der Waals surface area contributed by atoms with Gasteiger partial charge < -0.3 is 61.6 Å². The van der Waals surface area contributed by atoms with Crippen molar-refractivity contribution < 1.29 is 62.8 Å². The van der Waals surface area contributed by atoms with Crippen molar-refractivity contribution in [1.82, 2.24) is 36.1 Å². The summed E-state index contributed by atoms with van der Waals surface area (Å²) >= 11 is 0. The Labute approximate surface area is 500 Å². The third-order valence-corrected chi connectivity index (χ3v) is 14.1. The van der Waals surface area contributed by atoms with Crippen molar-refractivity contribution in [2.24, 2.45) is 5.73 Å². The van der Waals surface area contributed by atoms with E-state index in [1.165, 1.54) is 10.8 Å². The van der Waals surface area contributed by atoms with E-state index in [4.69, 9.17) is 19.9 Å². The molecule has 1 aliphatic heterocycles. The van der Waals surface area contributed by atoms with Crippen LogP contribution < -0.4 is 37.1 Å². The number of hydrogen-bond acceptors (Lipinski definition) is 13. The fourth-order valence-corrected chi connectivity index (χ4v) is 9.89. The molecule has 0 bridgehead atoms. The lowest BCUT2D eigenvalue weighted by molar-refractivity contribution is -0.149. The zero-order chi connectivity index (χ0) is 62.1. The Bertz CT molecular complexity index is 3290. The zero-order valence-electron chi connectivity index (χ0n) is 49.3. The van der Waals surface area contributed by atoms with Gasteiger partial charge in [0, 0.05) is 50.4 Å². The molecule has 1 aliphatic rings. The van der Waals surface area contributed by atoms with E-state index in [1.54, 1.807) is 151 Å². The van der Waals surface area contributed by atoms with Gasteiger partial charge >= 0.3 is 18.2 Å². The molecule has 9 N–H and O–H groups in total. The molecule has 5 aromatic carbocycles. The first kappa shape index (κ1) is 64.5. The van der Waals surface area contributed by atoms with Crippen LogP contribution in [0.5, 0.6) is 5.75 Å². The summed E-state index contributed by atoms with van der Waals surface area (Å²) in [4.78, 5) is 114. The topological polar surface area (TPSA) is 299 Å². The van der Waals surface area contributed by atoms with E-state index >= 15 is 14.4 Å². The monoisotopic (exact) mass is 1180 g/mol. The number of ether oxygens (including phenoxy) is 3. The molecule has 456 valence electrons. The maximum Gasteiger partial charge on any atom is 0.419 e. The number of nitrogens with zero attached hydrogens (tertiary/aromatic N) is 2. The summed E-state index contributed by atoms with van der Waals surface area (Å²) in [5.74, 6) is -4.82. The second-order valence-electron chi connectivity index (χ2n) is 23.3. The van der Waals surface area contributed by atoms with Crippen LogP contribution in [0.15, 0.2) is 146 Å². The van der Waals surface area contributed by atoms with Gasteiger partial charge in [-0.25, -0.2) is 14.4 Å². The average molecular weight is 1180 g/mol. The van der Waals surface area contributed by atoms with Gasteiger partial charge in [-0.05, 0) is 107 Å². The summed E-state index contributed by atoms with van der Waals surface area (Å²) in [6.07, 6.45) is -1.20. The molecule has 0 saturated carbocycles. The predicted octanol–water partition coefficient (Wildman–Crippen LogP) is 6.41. The number of alkyl carbamates (subject to hydrolysis) is 1. The van der Waals surface area contributed by atoms with Crippen LogP contribution in [0.2, 0.25) is 0 Å². The molecule has 0 radical (unpaired) electrons. The van der Waals surface area contributed by atoms with Crippen molar-refractivity contribution in [1.29, 1.82) is 0 Å². The number of aliphatic carboxylic acids is 1. The smallest absolute Gasteiger partial charge is 0.419 e. The van der Waals surface area contributed by atoms with Crippen LogP contribution in [0.3, 0.4) is 0 Å². The minimum Gasteiger partial charge on any atom is -0.489 e. The lowest BCUT2D eigenvalue weighted by Gasteiger charge is -2.29. The minimum absolute atomic E-state index is 0.0690. The highest BCUT2D eigenvalue weighted by Crippen LogP contribution is 2.26. The van der Waals surface area contributed by atoms with E-state index in [0.717, 1.165) is 10.5 Å². The summed E-state index contributed by atoms with van der Waals surface area (Å²) in [7, 11) is 0. The van der Waals surface area contributed by atoms with Crippen molar-refractivity contribution in [3.8, 4) is 5.75 Å². The summed E-state index contributed by atoms with van der Waals surface area (Å²) in [6.45, 7) is 10.5. The van der Waals surface area contributed by atoms with Crippen LogP contribution in [0.4, 0.5) is 9.59 Å². The first-order chi connectivity index (χ1) is 40.9. The number of likely N-dealkylation sites (tertiary alicyclic amines) is 1. The second-order valence-corrected chi connectivity index (χ2v) is 23.3. The first-order valence-corrected chi connectivity index (χ1v) is 28.7. The number of nitrogens with one attached hydrogen (secondary N) is 5. The fourth-order valence-electron chi connectivity index (χ4n) is 9.89. The number of aliphatic hydroxyl groups excluding tert-OH is 1. The van der Waals surface area contributed by atoms with Crippen molar-refractivity contribution >= 4 is 58.6 Å². The highest BCUT2D eigenvalue weighted by Gasteiger charge is 2.42. The van der Waals surface area contributed by atoms with E-state index in [9.17, 15) is 34.2 Å². The van der Waals surface area contributed by atoms with Crippen LogP contribution in [0.25, 0.3) is 10.9 Å². The van der Waals surface area contributed by atoms with E-state index in [2.05, 4.69) is 26.6 Å². The summed E-state index contributed by atoms with van der Waals surface area (Å²) in [6, 6.07) is 32.3. The lowest BCUT2D eigenvalue weighted by atomic mass is 10.00. The molecule has 0 spiro atoms. The molecule has 7 atom stereocenters. The zero-order valence-corrected chi connectivity index (χ0v) is 49.3. The van der Waals surface area contributed by atoms with Crippen molar-refractivity contribution in [3.05, 3.63) is 174 Å². The number of amides is 6. The molecule has 0 aliphatic carbocycles. The van der Waals surface area contributed by atoms with Crippen molar-refractivity contribution in [3.63, 3.8) is 0 Å². The number of β-amino-alcohol motifs (C(OH)–C–C–N with tert-alkyl or cyclic N) is 1. The number of carboxylic acid groups (broad SMARTS) is 1. The Balaban J connectivity index is 1.23. The Kier molecular flexibility index (Phi) is 22.2. The maximum atomic E-state index is 15.2. The average Bonchev–Trinajstić information content (AvgIpc) is 2.54. The molecule has 0 unspecified atom stereocenters. The van der Waals surface area contributed by atoms with Crippen molar-refractivity contribution in [2.75, 3.05) is 13.1 Å². The number of nitrogens with two attached hydrogens (primary N) is 1. The highest BCUT2D eigenvalue weighted by atomic mass is 16.6. The number of benzene rings is 5. The number of rotatable bonds is 25. The van der Waals surface area contributed by atoms with Crippen LogP contribution in [0, 0.1) is 0 Å². The number of carboxylic acids is 1. The Morgan fingerprint density at radius 1 is 0.605 bits per heavy atom. The highest BCUT2D eigenvalue weighted by molar-refractivity contribution is 5.98. The molecule has 1 fully saturated rings. The molecule has 1 aromatic heterocycles. The largest absolute Gasteiger partial charge is 0.489 e. The molecule has 6 amide bonds. The number of unbranched alkanes of at least 4 members (excludes halogenated alkanes) is 1. The first-order valence-electron chi connectivity index (χ1n) is 28.7. The standard InChI is InChI=1S/C65H78N8O13/c1-64(2,3)85-62(82)67-33-19-18-27-49(68-58(77)51(70-59(78)55(66)44-24-14-9-15-25-44)36-45-38-73(63(83)86-65(4,5)6)53-28-17-16-26-48(45)53)56(75)69-50(34-42-29-31-47(32-30-42)84-40-43-22-12-8-13-23-43)57(76)71-52(35-41-20-10-7-11-21-41)60(79)72-39-46(74)37-54(72)61(80)81/h7-17,20-26,28-32,38,46,49-52,54-55,74H,18-19,27,33-37,39-40,66H2,1-6H3,(H,67,82)(H,68,77)(H,69,75)(H,70,78)(H,71,76)(H,80,81)/t46-,49+,50+,51-,52+,54+,55+/m1/s1. The van der Waals surface area contributed by atoms with Gasteiger partial charge in [0.05, 0.1) is 11.6 Å². The van der Waals surface area contributed by atoms with Crippen LogP contribution in [0.1, 0.15) is 101 Å². The number of hydrogen-bond donors (Lipinski definition) is 8. The number of carbonyl (C=O) groups is 8. The van der Waals surface area contributed by atoms with E-state index in [0.29, 0.717) is 45.3 Å². The number of carbonyl (C=O) groups excluding carboxylic acids is 7. The van der Waals surface area contributed by atoms with Crippen molar-refractivity contribution in [2.45, 2.75) is 147 Å². The molecular formula is C65H78N8O13. The third-order valence-electron chi connectivity index (χ3n) is 14.1. The van der Waals surface area contributed by atoms with Crippen LogP contribution >= 0.6 is 0 Å². The number of para-hydroxylation sites is 1. The fraction of sp³-hybridized carbons (Fsp3) is 0.385. The number of aliphatic hydroxyl groups is 1. The second kappa shape index (κ2) is 29.6. The minimum atomic E-state index is -1.46. The normalized spacial score (nSPS) is 15.9. The van der Waals surface area contributed by atoms with Crippen LogP contribution in [-0.2, 0) is 64.1 Å². The predicted molar refractivity (Wildman–Crippen MR) is 321 cm³/mol. The number of fused-ring (bicyclic) bond motifs is 1. The quantitative estimate of drug-likeness (QED) is 0.0288. The van der Waals surface area contributed by atoms with Gasteiger partial charge in [-0.1, -0.05) is 121 Å². The van der Waals surface area contributed by atoms with Gasteiger partial charge in [-0.15, -0.1) is 0 Å². The SMILES string of the molecule is CC(C)(C)OC(=O)NCCCC[C@H](NC(=O)[C@@H](Cc1cn(C(=O)OC(C)(C)C)c2ccccc12)NC(=O)[C@@H](N)c1ccccc1)C(=O)N[C@@H](Cc1ccc(OCc2ccccc2)cc1)C(=O)N[C@@H](Cc1ccccc1)C(=O)N1C[C@H](O)C[C@H]1C(=O)O. The molecular weight excluding hydrogens is 1100 g/mol. The molecule has 86 heavy (non-hydrogen) atoms. The van der Waals surface area contributed by atoms with Gasteiger partial charge in [0.25, 0.3) is 0 Å². The molecule has 1 saturated heterocycles. The molecule has 21 heteroatoms. The molecule has 21 nitrogen and oxygen atoms in total. The van der Waals surface area contributed by atoms with Gasteiger partial charge in [0.15, 0.2) is 0 Å². The summed E-state index contributed by atoms with van der Waals surface area (Å²) < 4.78 is 18.5. The summed E-state index contributed by atoms with van der Waals surface area (Å²) in [5, 5.41) is 35.3. The van der Waals surface area contributed by atoms with E-state index < -0.39 is 101 Å². The molecule has 7 rings (SSSR count). The maximum absolute atomic E-state index is 15.2. The lowest BCUT2D eigenvalue weighted by Crippen LogP contribution is -2.60. The third kappa shape index (κ3) is 19.0. The van der Waals surface area contributed by atoms with Gasteiger partial charge in [-0.2, -0.15) is 0 Å². The van der Waals surface area contributed by atoms with Gasteiger partial charge in [0.1, 0.15) is 59.8 Å². The van der Waals surface area contributed by atoms with Crippen LogP contribution in [-0.4, -0.2) is 128 Å². The Morgan fingerprint density at radius 3 is 1.76 bits per heavy atom. The number of aromatic nitrogens is 1. The van der Waals surface area contributed by atoms with Gasteiger partial charge in [-0.3, -0.25) is 28.5 Å².